The van der Waals surface area contributed by atoms with E-state index in [1.165, 1.54) is 11.6 Å². The first-order valence-corrected chi connectivity index (χ1v) is 10.9. The van der Waals surface area contributed by atoms with Crippen LogP contribution in [-0.4, -0.2) is 50.3 Å². The number of piperidine rings is 1. The molecule has 4 rings (SSSR count). The topological polar surface area (TPSA) is 27.7 Å². The van der Waals surface area contributed by atoms with Gasteiger partial charge in [-0.3, -0.25) is 4.90 Å². The molecule has 0 aromatic heterocycles. The van der Waals surface area contributed by atoms with Gasteiger partial charge in [-0.05, 0) is 71.7 Å². The number of hydrogen-bond donors (Lipinski definition) is 1. The smallest absolute Gasteiger partial charge is 0.146 e. The Morgan fingerprint density at radius 1 is 1.04 bits per heavy atom. The molecule has 0 radical (unpaired) electrons. The lowest BCUT2D eigenvalue weighted by molar-refractivity contribution is 0.161. The second-order valence-corrected chi connectivity index (χ2v) is 8.40. The first-order chi connectivity index (χ1) is 13.7. The minimum Gasteiger partial charge on any atom is -0.489 e. The first-order valence-electron chi connectivity index (χ1n) is 10.1. The van der Waals surface area contributed by atoms with E-state index in [2.05, 4.69) is 49.2 Å². The van der Waals surface area contributed by atoms with Gasteiger partial charge in [0.1, 0.15) is 17.7 Å². The summed E-state index contributed by atoms with van der Waals surface area (Å²) in [6.45, 7) is 6.51. The van der Waals surface area contributed by atoms with E-state index in [1.54, 1.807) is 6.07 Å². The fourth-order valence-electron chi connectivity index (χ4n) is 3.94. The van der Waals surface area contributed by atoms with Crippen LogP contribution in [0.15, 0.2) is 46.9 Å². The van der Waals surface area contributed by atoms with Crippen molar-refractivity contribution in [3.63, 3.8) is 0 Å². The van der Waals surface area contributed by atoms with E-state index in [1.807, 2.05) is 12.1 Å². The molecule has 2 aliphatic heterocycles. The normalized spacial score (nSPS) is 19.0. The van der Waals surface area contributed by atoms with E-state index in [0.717, 1.165) is 68.9 Å². The Labute approximate surface area is 174 Å². The molecule has 2 aromatic rings. The number of para-hydroxylation sites is 1. The van der Waals surface area contributed by atoms with Crippen molar-refractivity contribution in [2.75, 3.05) is 44.2 Å². The van der Waals surface area contributed by atoms with E-state index in [4.69, 9.17) is 4.74 Å². The predicted octanol–water partition coefficient (Wildman–Crippen LogP) is 4.04. The number of hydrogen-bond acceptors (Lipinski definition) is 4. The summed E-state index contributed by atoms with van der Waals surface area (Å²) < 4.78 is 21.2. The lowest BCUT2D eigenvalue weighted by Crippen LogP contribution is -2.46. The van der Waals surface area contributed by atoms with Gasteiger partial charge >= 0.3 is 0 Å². The highest BCUT2D eigenvalue weighted by molar-refractivity contribution is 9.10. The van der Waals surface area contributed by atoms with Crippen LogP contribution in [0.3, 0.4) is 0 Å². The molecule has 2 aromatic carbocycles. The maximum Gasteiger partial charge on any atom is 0.146 e. The fraction of sp³-hybridized carbons (Fsp3) is 0.455. The van der Waals surface area contributed by atoms with Gasteiger partial charge in [-0.1, -0.05) is 18.2 Å². The van der Waals surface area contributed by atoms with E-state index in [0.29, 0.717) is 11.8 Å². The molecule has 1 N–H and O–H groups in total. The molecule has 2 heterocycles. The van der Waals surface area contributed by atoms with Gasteiger partial charge < -0.3 is 15.0 Å². The van der Waals surface area contributed by atoms with Crippen LogP contribution in [0.4, 0.5) is 10.1 Å². The van der Waals surface area contributed by atoms with Gasteiger partial charge in [0, 0.05) is 32.7 Å². The van der Waals surface area contributed by atoms with Crippen LogP contribution < -0.4 is 15.0 Å². The summed E-state index contributed by atoms with van der Waals surface area (Å²) in [7, 11) is 0. The van der Waals surface area contributed by atoms with E-state index in [9.17, 15) is 4.39 Å². The zero-order chi connectivity index (χ0) is 19.3. The number of anilines is 1. The number of benzene rings is 2. The molecule has 150 valence electrons. The zero-order valence-corrected chi connectivity index (χ0v) is 17.6. The summed E-state index contributed by atoms with van der Waals surface area (Å²) >= 11 is 3.68. The van der Waals surface area contributed by atoms with Crippen LogP contribution in [0, 0.1) is 5.82 Å². The van der Waals surface area contributed by atoms with Crippen molar-refractivity contribution in [1.82, 2.24) is 10.2 Å². The second kappa shape index (κ2) is 9.25. The maximum atomic E-state index is 14.0. The fourth-order valence-corrected chi connectivity index (χ4v) is 4.46. The van der Waals surface area contributed by atoms with E-state index >= 15 is 0 Å². The molecule has 28 heavy (non-hydrogen) atoms. The summed E-state index contributed by atoms with van der Waals surface area (Å²) in [5.41, 5.74) is 1.98. The van der Waals surface area contributed by atoms with Crippen molar-refractivity contribution in [2.24, 2.45) is 0 Å². The van der Waals surface area contributed by atoms with Crippen LogP contribution in [-0.2, 0) is 6.54 Å². The Hall–Kier alpha value is -1.63. The highest BCUT2D eigenvalue weighted by Gasteiger charge is 2.20. The largest absolute Gasteiger partial charge is 0.489 e. The van der Waals surface area contributed by atoms with Crippen molar-refractivity contribution >= 4 is 21.6 Å². The SMILES string of the molecule is Fc1ccccc1N1CCN(Cc2ccc(OC3CCNCC3)c(Br)c2)CC1. The number of ether oxygens (including phenoxy) is 1. The minimum atomic E-state index is -0.135. The molecule has 0 unspecified atom stereocenters. The van der Waals surface area contributed by atoms with Crippen LogP contribution >= 0.6 is 15.9 Å². The zero-order valence-electron chi connectivity index (χ0n) is 16.0. The molecule has 2 fully saturated rings. The average Bonchev–Trinajstić information content (AvgIpc) is 2.72. The molecular formula is C22H27BrFN3O. The summed E-state index contributed by atoms with van der Waals surface area (Å²) in [5.74, 6) is 0.796. The maximum absolute atomic E-state index is 14.0. The van der Waals surface area contributed by atoms with Crippen LogP contribution in [0.5, 0.6) is 5.75 Å². The molecule has 6 heteroatoms. The lowest BCUT2D eigenvalue weighted by Gasteiger charge is -2.36. The molecule has 2 saturated heterocycles. The number of rotatable bonds is 5. The minimum absolute atomic E-state index is 0.135. The summed E-state index contributed by atoms with van der Waals surface area (Å²) in [6.07, 6.45) is 2.41. The average molecular weight is 448 g/mol. The molecule has 2 aliphatic rings. The van der Waals surface area contributed by atoms with Gasteiger partial charge in [0.15, 0.2) is 0 Å². The van der Waals surface area contributed by atoms with Gasteiger partial charge in [0.2, 0.25) is 0 Å². The van der Waals surface area contributed by atoms with Crippen LogP contribution in [0.2, 0.25) is 0 Å². The van der Waals surface area contributed by atoms with Crippen LogP contribution in [0.25, 0.3) is 0 Å². The Morgan fingerprint density at radius 2 is 1.79 bits per heavy atom. The van der Waals surface area contributed by atoms with Crippen molar-refractivity contribution < 1.29 is 9.13 Å². The molecule has 4 nitrogen and oxygen atoms in total. The molecular weight excluding hydrogens is 421 g/mol. The van der Waals surface area contributed by atoms with Gasteiger partial charge in [0.25, 0.3) is 0 Å². The Morgan fingerprint density at radius 3 is 2.50 bits per heavy atom. The highest BCUT2D eigenvalue weighted by atomic mass is 79.9. The van der Waals surface area contributed by atoms with Gasteiger partial charge in [-0.25, -0.2) is 4.39 Å². The van der Waals surface area contributed by atoms with Crippen molar-refractivity contribution in [2.45, 2.75) is 25.5 Å². The molecule has 0 amide bonds. The third-order valence-electron chi connectivity index (χ3n) is 5.55. The van der Waals surface area contributed by atoms with E-state index < -0.39 is 0 Å². The van der Waals surface area contributed by atoms with Gasteiger partial charge in [-0.2, -0.15) is 0 Å². The number of nitrogens with one attached hydrogen (secondary N) is 1. The standard InChI is InChI=1S/C22H27BrFN3O/c23-19-15-17(5-6-22(19)28-18-7-9-25-10-8-18)16-26-11-13-27(14-12-26)21-4-2-1-3-20(21)24/h1-6,15,18,25H,7-14,16H2. The number of halogens is 2. The predicted molar refractivity (Wildman–Crippen MR) is 115 cm³/mol. The van der Waals surface area contributed by atoms with Gasteiger partial charge in [0.05, 0.1) is 10.2 Å². The Balaban J connectivity index is 1.31. The Bertz CT molecular complexity index is 789. The monoisotopic (exact) mass is 447 g/mol. The lowest BCUT2D eigenvalue weighted by atomic mass is 10.1. The molecule has 0 atom stereocenters. The summed E-state index contributed by atoms with van der Waals surface area (Å²) in [6, 6.07) is 13.4. The molecule has 0 aliphatic carbocycles. The third kappa shape index (κ3) is 4.85. The van der Waals surface area contributed by atoms with Crippen LogP contribution in [0.1, 0.15) is 18.4 Å². The van der Waals surface area contributed by atoms with Crippen molar-refractivity contribution in [3.05, 3.63) is 58.3 Å². The summed E-state index contributed by atoms with van der Waals surface area (Å²) in [4.78, 5) is 4.56. The quantitative estimate of drug-likeness (QED) is 0.748. The summed E-state index contributed by atoms with van der Waals surface area (Å²) in [5, 5.41) is 3.36. The first kappa shape index (κ1) is 19.7. The van der Waals surface area contributed by atoms with Crippen molar-refractivity contribution in [1.29, 1.82) is 0 Å². The molecule has 0 saturated carbocycles. The van der Waals surface area contributed by atoms with Crippen molar-refractivity contribution in [3.8, 4) is 5.75 Å². The van der Waals surface area contributed by atoms with Gasteiger partial charge in [-0.15, -0.1) is 0 Å². The number of piperazine rings is 1. The number of nitrogens with zero attached hydrogens (tertiary/aromatic N) is 2. The Kier molecular flexibility index (Phi) is 6.50. The highest BCUT2D eigenvalue weighted by Crippen LogP contribution is 2.29. The molecule has 0 bridgehead atoms. The third-order valence-corrected chi connectivity index (χ3v) is 6.17. The molecule has 0 spiro atoms. The van der Waals surface area contributed by atoms with E-state index in [-0.39, 0.29) is 5.82 Å². The second-order valence-electron chi connectivity index (χ2n) is 7.55.